The van der Waals surface area contributed by atoms with Crippen LogP contribution in [0.1, 0.15) is 22.6 Å². The van der Waals surface area contributed by atoms with Crippen LogP contribution in [0.15, 0.2) is 24.3 Å². The Balaban J connectivity index is 1.80. The van der Waals surface area contributed by atoms with E-state index >= 15 is 0 Å². The summed E-state index contributed by atoms with van der Waals surface area (Å²) in [5.41, 5.74) is 2.70. The van der Waals surface area contributed by atoms with Gasteiger partial charge in [-0.15, -0.1) is 0 Å². The largest absolute Gasteiger partial charge is 0.508 e. The van der Waals surface area contributed by atoms with Gasteiger partial charge in [-0.2, -0.15) is 0 Å². The summed E-state index contributed by atoms with van der Waals surface area (Å²) in [6.45, 7) is 3.01. The molecule has 1 aliphatic heterocycles. The number of phenols is 1. The van der Waals surface area contributed by atoms with Crippen LogP contribution in [0.3, 0.4) is 0 Å². The van der Waals surface area contributed by atoms with E-state index in [4.69, 9.17) is 0 Å². The average Bonchev–Trinajstić information content (AvgIpc) is 2.55. The smallest absolute Gasteiger partial charge is 0.227 e. The van der Waals surface area contributed by atoms with E-state index in [9.17, 15) is 9.90 Å². The van der Waals surface area contributed by atoms with E-state index in [1.807, 2.05) is 32.0 Å². The van der Waals surface area contributed by atoms with Crippen LogP contribution < -0.4 is 4.90 Å². The lowest BCUT2D eigenvalue weighted by Gasteiger charge is -2.30. The number of aryl methyl sites for hydroxylation is 1. The molecule has 0 aliphatic carbocycles. The number of aromatic nitrogens is 2. The van der Waals surface area contributed by atoms with Crippen molar-refractivity contribution in [1.82, 2.24) is 14.9 Å². The summed E-state index contributed by atoms with van der Waals surface area (Å²) in [6.07, 6.45) is 0.947. The Labute approximate surface area is 141 Å². The van der Waals surface area contributed by atoms with E-state index in [-0.39, 0.29) is 18.1 Å². The van der Waals surface area contributed by atoms with Gasteiger partial charge in [0.15, 0.2) is 0 Å². The molecule has 1 aromatic carbocycles. The molecule has 0 saturated carbocycles. The highest BCUT2D eigenvalue weighted by molar-refractivity contribution is 5.79. The highest BCUT2D eigenvalue weighted by atomic mass is 16.3. The zero-order chi connectivity index (χ0) is 17.3. The third-order valence-corrected chi connectivity index (χ3v) is 4.26. The zero-order valence-electron chi connectivity index (χ0n) is 14.3. The Morgan fingerprint density at radius 2 is 2.04 bits per heavy atom. The Hall–Kier alpha value is -2.63. The van der Waals surface area contributed by atoms with Crippen molar-refractivity contribution in [2.75, 3.05) is 25.5 Å². The number of rotatable bonds is 3. The zero-order valence-corrected chi connectivity index (χ0v) is 14.3. The predicted octanol–water partition coefficient (Wildman–Crippen LogP) is 1.68. The van der Waals surface area contributed by atoms with Gasteiger partial charge in [-0.05, 0) is 19.4 Å². The molecule has 0 unspecified atom stereocenters. The summed E-state index contributed by atoms with van der Waals surface area (Å²) in [7, 11) is 3.94. The third-order valence-electron chi connectivity index (χ3n) is 4.26. The lowest BCUT2D eigenvalue weighted by Crippen LogP contribution is -2.38. The fourth-order valence-corrected chi connectivity index (χ4v) is 3.05. The molecule has 1 amide bonds. The van der Waals surface area contributed by atoms with Gasteiger partial charge >= 0.3 is 0 Å². The Kier molecular flexibility index (Phi) is 4.38. The van der Waals surface area contributed by atoms with Crippen molar-refractivity contribution < 1.29 is 9.90 Å². The van der Waals surface area contributed by atoms with Crippen molar-refractivity contribution in [2.45, 2.75) is 26.3 Å². The second-order valence-corrected chi connectivity index (χ2v) is 6.28. The van der Waals surface area contributed by atoms with Gasteiger partial charge in [0.25, 0.3) is 0 Å². The molecule has 1 aliphatic rings. The maximum Gasteiger partial charge on any atom is 0.227 e. The summed E-state index contributed by atoms with van der Waals surface area (Å²) >= 11 is 0. The second kappa shape index (κ2) is 6.47. The van der Waals surface area contributed by atoms with E-state index in [1.54, 1.807) is 23.1 Å². The molecular weight excluding hydrogens is 304 g/mol. The van der Waals surface area contributed by atoms with Crippen molar-refractivity contribution in [2.24, 2.45) is 0 Å². The van der Waals surface area contributed by atoms with E-state index in [0.717, 1.165) is 23.5 Å². The van der Waals surface area contributed by atoms with Crippen molar-refractivity contribution in [3.8, 4) is 5.75 Å². The molecule has 0 spiro atoms. The van der Waals surface area contributed by atoms with Gasteiger partial charge in [-0.3, -0.25) is 4.79 Å². The highest BCUT2D eigenvalue weighted by Crippen LogP contribution is 2.26. The topological polar surface area (TPSA) is 69.6 Å². The number of carbonyl (C=O) groups excluding carboxylic acids is 1. The van der Waals surface area contributed by atoms with Crippen LogP contribution in [0.2, 0.25) is 0 Å². The molecular formula is C18H22N4O2. The number of fused-ring (bicyclic) bond motifs is 1. The molecule has 0 fully saturated rings. The Bertz CT molecular complexity index is 774. The summed E-state index contributed by atoms with van der Waals surface area (Å²) in [6, 6.07) is 6.96. The van der Waals surface area contributed by atoms with Crippen LogP contribution in [-0.4, -0.2) is 46.5 Å². The van der Waals surface area contributed by atoms with Crippen LogP contribution in [0.25, 0.3) is 0 Å². The van der Waals surface area contributed by atoms with Crippen LogP contribution in [0, 0.1) is 6.92 Å². The molecule has 6 nitrogen and oxygen atoms in total. The van der Waals surface area contributed by atoms with Crippen molar-refractivity contribution >= 4 is 11.7 Å². The maximum atomic E-state index is 12.6. The molecule has 0 atom stereocenters. The third kappa shape index (κ3) is 3.18. The quantitative estimate of drug-likeness (QED) is 0.929. The normalized spacial score (nSPS) is 13.5. The number of hydrogen-bond acceptors (Lipinski definition) is 5. The molecule has 0 radical (unpaired) electrons. The predicted molar refractivity (Wildman–Crippen MR) is 92.0 cm³/mol. The lowest BCUT2D eigenvalue weighted by atomic mass is 10.0. The minimum absolute atomic E-state index is 0.00446. The molecule has 2 aromatic rings. The monoisotopic (exact) mass is 326 g/mol. The van der Waals surface area contributed by atoms with Crippen LogP contribution in [-0.2, 0) is 24.2 Å². The van der Waals surface area contributed by atoms with Gasteiger partial charge < -0.3 is 14.9 Å². The number of benzene rings is 1. The first-order chi connectivity index (χ1) is 11.5. The van der Waals surface area contributed by atoms with E-state index in [2.05, 4.69) is 9.97 Å². The first kappa shape index (κ1) is 16.2. The molecule has 3 rings (SSSR count). The highest BCUT2D eigenvalue weighted by Gasteiger charge is 2.25. The molecule has 24 heavy (non-hydrogen) atoms. The number of nitrogens with zero attached hydrogens (tertiary/aromatic N) is 4. The number of anilines is 1. The molecule has 6 heteroatoms. The average molecular weight is 326 g/mol. The fourth-order valence-electron chi connectivity index (χ4n) is 3.05. The standard InChI is InChI=1S/C18H22N4O2/c1-12-19-15-11-22(9-8-14(15)18(20-12)21(2)3)17(24)10-13-6-4-5-7-16(13)23/h4-7,23H,8-11H2,1-3H3. The minimum atomic E-state index is 0.00446. The summed E-state index contributed by atoms with van der Waals surface area (Å²) in [5, 5.41) is 9.85. The van der Waals surface area contributed by atoms with Crippen molar-refractivity contribution in [3.05, 3.63) is 46.9 Å². The lowest BCUT2D eigenvalue weighted by molar-refractivity contribution is -0.131. The second-order valence-electron chi connectivity index (χ2n) is 6.28. The number of phenolic OH excluding ortho intramolecular Hbond substituents is 1. The first-order valence-electron chi connectivity index (χ1n) is 8.04. The fraction of sp³-hybridized carbons (Fsp3) is 0.389. The maximum absolute atomic E-state index is 12.6. The molecule has 1 N–H and O–H groups in total. The summed E-state index contributed by atoms with van der Waals surface area (Å²) < 4.78 is 0. The summed E-state index contributed by atoms with van der Waals surface area (Å²) in [4.78, 5) is 25.4. The van der Waals surface area contributed by atoms with Gasteiger partial charge in [0, 0.05) is 31.8 Å². The number of aromatic hydroxyl groups is 1. The van der Waals surface area contributed by atoms with Gasteiger partial charge in [-0.1, -0.05) is 18.2 Å². The number of amides is 1. The van der Waals surface area contributed by atoms with E-state index in [1.165, 1.54) is 0 Å². The molecule has 0 saturated heterocycles. The number of hydrogen-bond donors (Lipinski definition) is 1. The molecule has 0 bridgehead atoms. The van der Waals surface area contributed by atoms with E-state index < -0.39 is 0 Å². The van der Waals surface area contributed by atoms with Crippen LogP contribution in [0.5, 0.6) is 5.75 Å². The van der Waals surface area contributed by atoms with Crippen LogP contribution in [0.4, 0.5) is 5.82 Å². The van der Waals surface area contributed by atoms with Gasteiger partial charge in [0.05, 0.1) is 18.7 Å². The van der Waals surface area contributed by atoms with E-state index in [0.29, 0.717) is 24.5 Å². The van der Waals surface area contributed by atoms with Crippen molar-refractivity contribution in [3.63, 3.8) is 0 Å². The van der Waals surface area contributed by atoms with Gasteiger partial charge in [0.1, 0.15) is 17.4 Å². The van der Waals surface area contributed by atoms with Gasteiger partial charge in [-0.25, -0.2) is 9.97 Å². The molecule has 2 heterocycles. The van der Waals surface area contributed by atoms with Crippen LogP contribution >= 0.6 is 0 Å². The Morgan fingerprint density at radius 3 is 2.75 bits per heavy atom. The van der Waals surface area contributed by atoms with Crippen molar-refractivity contribution in [1.29, 1.82) is 0 Å². The molecule has 126 valence electrons. The number of para-hydroxylation sites is 1. The van der Waals surface area contributed by atoms with Gasteiger partial charge in [0.2, 0.25) is 5.91 Å². The minimum Gasteiger partial charge on any atom is -0.508 e. The first-order valence-corrected chi connectivity index (χ1v) is 8.04. The SMILES string of the molecule is Cc1nc2c(c(N(C)C)n1)CCN(C(=O)Cc1ccccc1O)C2. The number of carbonyl (C=O) groups is 1. The summed E-state index contributed by atoms with van der Waals surface area (Å²) in [5.74, 6) is 1.82. The Morgan fingerprint density at radius 1 is 1.29 bits per heavy atom. The molecule has 1 aromatic heterocycles.